The van der Waals surface area contributed by atoms with E-state index < -0.39 is 0 Å². The summed E-state index contributed by atoms with van der Waals surface area (Å²) in [5, 5.41) is 0. The summed E-state index contributed by atoms with van der Waals surface area (Å²) in [6.45, 7) is 4.64. The van der Waals surface area contributed by atoms with Gasteiger partial charge in [0.1, 0.15) is 0 Å². The molecule has 0 unspecified atom stereocenters. The van der Waals surface area contributed by atoms with Crippen molar-refractivity contribution in [2.45, 2.75) is 13.8 Å². The summed E-state index contributed by atoms with van der Waals surface area (Å²) < 4.78 is 0. The number of hydrogen-bond donors (Lipinski definition) is 0. The van der Waals surface area contributed by atoms with Crippen molar-refractivity contribution < 1.29 is 4.79 Å². The molecule has 1 aliphatic rings. The van der Waals surface area contributed by atoms with E-state index in [0.29, 0.717) is 0 Å². The molecule has 2 nitrogen and oxygen atoms in total. The molecular weight excluding hydrogens is 162 g/mol. The second kappa shape index (κ2) is 4.08. The second-order valence-corrected chi connectivity index (χ2v) is 3.08. The molecule has 0 spiro atoms. The molecule has 2 heteroatoms. The predicted octanol–water partition coefficient (Wildman–Crippen LogP) is 1.91. The average molecular weight is 177 g/mol. The number of carbonyl (C=O) groups is 1. The maximum atomic E-state index is 11.6. The second-order valence-electron chi connectivity index (χ2n) is 3.08. The van der Waals surface area contributed by atoms with Crippen molar-refractivity contribution in [3.8, 4) is 0 Å². The largest absolute Gasteiger partial charge is 0.337 e. The lowest BCUT2D eigenvalue weighted by Crippen LogP contribution is -2.18. The van der Waals surface area contributed by atoms with Crippen LogP contribution in [0.25, 0.3) is 0 Å². The first-order valence-electron chi connectivity index (χ1n) is 4.44. The Labute approximate surface area is 79.2 Å². The topological polar surface area (TPSA) is 20.3 Å². The van der Waals surface area contributed by atoms with Crippen LogP contribution in [0, 0.1) is 0 Å². The Morgan fingerprint density at radius 3 is 2.62 bits per heavy atom. The van der Waals surface area contributed by atoms with Crippen molar-refractivity contribution in [1.29, 1.82) is 0 Å². The summed E-state index contributed by atoms with van der Waals surface area (Å²) >= 11 is 0. The van der Waals surface area contributed by atoms with E-state index >= 15 is 0 Å². The summed E-state index contributed by atoms with van der Waals surface area (Å²) in [6.07, 6.45) is 7.69. The fourth-order valence-electron chi connectivity index (χ4n) is 1.37. The van der Waals surface area contributed by atoms with Crippen molar-refractivity contribution in [1.82, 2.24) is 4.90 Å². The molecule has 13 heavy (non-hydrogen) atoms. The highest BCUT2D eigenvalue weighted by atomic mass is 16.2. The molecule has 0 aromatic carbocycles. The quantitative estimate of drug-likeness (QED) is 0.560. The molecule has 0 N–H and O–H groups in total. The van der Waals surface area contributed by atoms with Crippen molar-refractivity contribution in [3.05, 3.63) is 35.5 Å². The molecule has 0 aromatic heterocycles. The maximum absolute atomic E-state index is 11.6. The molecule has 0 aliphatic carbocycles. The minimum absolute atomic E-state index is 0.117. The standard InChI is InChI=1S/C11H15NO/c1-4-6-7-10-9(5-2)8-12(3)11(10)13/h4-7H,8H2,1-3H3/b6-4+,9-5-,10-7+. The summed E-state index contributed by atoms with van der Waals surface area (Å²) in [5.41, 5.74) is 1.94. The Morgan fingerprint density at radius 1 is 1.38 bits per heavy atom. The minimum atomic E-state index is 0.117. The highest BCUT2D eigenvalue weighted by Gasteiger charge is 2.25. The first kappa shape index (κ1) is 9.78. The van der Waals surface area contributed by atoms with E-state index in [9.17, 15) is 4.79 Å². The number of likely N-dealkylation sites (N-methyl/N-ethyl adjacent to an activating group) is 1. The summed E-state index contributed by atoms with van der Waals surface area (Å²) in [4.78, 5) is 13.3. The predicted molar refractivity (Wildman–Crippen MR) is 54.3 cm³/mol. The van der Waals surface area contributed by atoms with E-state index in [0.717, 1.165) is 17.7 Å². The van der Waals surface area contributed by atoms with Gasteiger partial charge in [-0.15, -0.1) is 0 Å². The van der Waals surface area contributed by atoms with E-state index in [4.69, 9.17) is 0 Å². The average Bonchev–Trinajstić information content (AvgIpc) is 2.40. The Balaban J connectivity index is 2.99. The van der Waals surface area contributed by atoms with E-state index in [1.807, 2.05) is 45.2 Å². The number of amides is 1. The number of nitrogens with zero attached hydrogens (tertiary/aromatic N) is 1. The Bertz CT molecular complexity index is 297. The van der Waals surface area contributed by atoms with Gasteiger partial charge in [0.15, 0.2) is 0 Å². The van der Waals surface area contributed by atoms with E-state index in [-0.39, 0.29) is 5.91 Å². The van der Waals surface area contributed by atoms with Crippen LogP contribution in [0.15, 0.2) is 35.5 Å². The van der Waals surface area contributed by atoms with Crippen LogP contribution >= 0.6 is 0 Å². The Kier molecular flexibility index (Phi) is 3.07. The van der Waals surface area contributed by atoms with Gasteiger partial charge in [-0.05, 0) is 25.5 Å². The first-order chi connectivity index (χ1) is 6.20. The van der Waals surface area contributed by atoms with Crippen LogP contribution in [-0.4, -0.2) is 24.4 Å². The smallest absolute Gasteiger partial charge is 0.254 e. The zero-order valence-electron chi connectivity index (χ0n) is 8.37. The molecule has 0 radical (unpaired) electrons. The number of rotatable bonds is 1. The van der Waals surface area contributed by atoms with Crippen molar-refractivity contribution in [2.24, 2.45) is 0 Å². The zero-order chi connectivity index (χ0) is 9.84. The Morgan fingerprint density at radius 2 is 2.08 bits per heavy atom. The highest BCUT2D eigenvalue weighted by molar-refractivity contribution is 6.01. The SMILES string of the molecule is C/C=C/C=C1/C(=O)N(C)C/C1=C/C. The van der Waals surface area contributed by atoms with E-state index in [1.165, 1.54) is 0 Å². The van der Waals surface area contributed by atoms with Gasteiger partial charge in [0.2, 0.25) is 0 Å². The van der Waals surface area contributed by atoms with Gasteiger partial charge in [-0.3, -0.25) is 4.79 Å². The lowest BCUT2D eigenvalue weighted by molar-refractivity contribution is -0.123. The fraction of sp³-hybridized carbons (Fsp3) is 0.364. The number of hydrogen-bond acceptors (Lipinski definition) is 1. The number of allylic oxidation sites excluding steroid dienone is 4. The number of carbonyl (C=O) groups excluding carboxylic acids is 1. The van der Waals surface area contributed by atoms with Crippen LogP contribution in [0.5, 0.6) is 0 Å². The molecule has 1 fully saturated rings. The van der Waals surface area contributed by atoms with Gasteiger partial charge in [0.25, 0.3) is 5.91 Å². The van der Waals surface area contributed by atoms with E-state index in [1.54, 1.807) is 4.90 Å². The molecular formula is C11H15NO. The third-order valence-corrected chi connectivity index (χ3v) is 2.13. The van der Waals surface area contributed by atoms with Crippen LogP contribution in [-0.2, 0) is 4.79 Å². The van der Waals surface area contributed by atoms with Gasteiger partial charge in [0.05, 0.1) is 0 Å². The van der Waals surface area contributed by atoms with Crippen LogP contribution in [0.4, 0.5) is 0 Å². The lowest BCUT2D eigenvalue weighted by atomic mass is 10.1. The molecule has 1 saturated heterocycles. The molecule has 1 heterocycles. The van der Waals surface area contributed by atoms with Gasteiger partial charge >= 0.3 is 0 Å². The molecule has 1 amide bonds. The van der Waals surface area contributed by atoms with Gasteiger partial charge < -0.3 is 4.90 Å². The fourth-order valence-corrected chi connectivity index (χ4v) is 1.37. The van der Waals surface area contributed by atoms with Crippen LogP contribution in [0.2, 0.25) is 0 Å². The normalized spacial score (nSPS) is 24.2. The molecule has 1 aliphatic heterocycles. The van der Waals surface area contributed by atoms with Crippen molar-refractivity contribution in [2.75, 3.05) is 13.6 Å². The highest BCUT2D eigenvalue weighted by Crippen LogP contribution is 2.21. The van der Waals surface area contributed by atoms with Gasteiger partial charge in [-0.2, -0.15) is 0 Å². The molecule has 1 rings (SSSR count). The van der Waals surface area contributed by atoms with Gasteiger partial charge in [-0.25, -0.2) is 0 Å². The molecule has 0 saturated carbocycles. The third-order valence-electron chi connectivity index (χ3n) is 2.13. The summed E-state index contributed by atoms with van der Waals surface area (Å²) in [7, 11) is 1.82. The monoisotopic (exact) mass is 177 g/mol. The maximum Gasteiger partial charge on any atom is 0.254 e. The van der Waals surface area contributed by atoms with Crippen LogP contribution < -0.4 is 0 Å². The summed E-state index contributed by atoms with van der Waals surface area (Å²) in [6, 6.07) is 0. The number of likely N-dealkylation sites (tertiary alicyclic amines) is 1. The minimum Gasteiger partial charge on any atom is -0.337 e. The third kappa shape index (κ3) is 1.89. The van der Waals surface area contributed by atoms with Gasteiger partial charge in [0, 0.05) is 19.2 Å². The first-order valence-corrected chi connectivity index (χ1v) is 4.44. The van der Waals surface area contributed by atoms with Crippen LogP contribution in [0.1, 0.15) is 13.8 Å². The van der Waals surface area contributed by atoms with Gasteiger partial charge in [-0.1, -0.05) is 18.2 Å². The van der Waals surface area contributed by atoms with Crippen LogP contribution in [0.3, 0.4) is 0 Å². The lowest BCUT2D eigenvalue weighted by Gasteiger charge is -2.03. The van der Waals surface area contributed by atoms with Crippen molar-refractivity contribution in [3.63, 3.8) is 0 Å². The zero-order valence-corrected chi connectivity index (χ0v) is 8.37. The Hall–Kier alpha value is -1.31. The van der Waals surface area contributed by atoms with Crippen molar-refractivity contribution >= 4 is 5.91 Å². The molecule has 0 atom stereocenters. The molecule has 70 valence electrons. The molecule has 0 bridgehead atoms. The molecule has 0 aromatic rings. The van der Waals surface area contributed by atoms with E-state index in [2.05, 4.69) is 0 Å². The summed E-state index contributed by atoms with van der Waals surface area (Å²) in [5.74, 6) is 0.117.